The molecule has 0 radical (unpaired) electrons. The van der Waals surface area contributed by atoms with Gasteiger partial charge in [-0.15, -0.1) is 0 Å². The molecule has 0 aromatic rings. The van der Waals surface area contributed by atoms with Gasteiger partial charge in [0.1, 0.15) is 0 Å². The molecule has 0 aliphatic rings. The zero-order valence-corrected chi connectivity index (χ0v) is 10.5. The SMILES string of the molecule is [Ca+2].[H-].[H-].[O]=[Ti]([OH])[OH].[O]=[Zr]([OH])[OH]. The fraction of sp³-hybridized carbons (Fsp3) is 0. The van der Waals surface area contributed by atoms with Gasteiger partial charge in [0.25, 0.3) is 0 Å². The van der Waals surface area contributed by atoms with Gasteiger partial charge in [0, 0.05) is 0 Å². The Morgan fingerprint density at radius 1 is 1.33 bits per heavy atom. The Balaban J connectivity index is -0.0000000171. The summed E-state index contributed by atoms with van der Waals surface area (Å²) in [7, 11) is 0. The van der Waals surface area contributed by atoms with E-state index in [4.69, 9.17) is 19.9 Å². The van der Waals surface area contributed by atoms with E-state index in [1.165, 1.54) is 0 Å². The minimum atomic E-state index is -3.79. The van der Waals surface area contributed by atoms with Crippen molar-refractivity contribution >= 4 is 37.7 Å². The Morgan fingerprint density at radius 3 is 1.33 bits per heavy atom. The molecular weight excluding hydrogens is 275 g/mol. The molecule has 9 heteroatoms. The summed E-state index contributed by atoms with van der Waals surface area (Å²) in [5.41, 5.74) is 0. The van der Waals surface area contributed by atoms with Crippen LogP contribution in [0.15, 0.2) is 0 Å². The Kier molecular flexibility index (Phi) is 25.0. The third-order valence-electron chi connectivity index (χ3n) is 0. The van der Waals surface area contributed by atoms with Gasteiger partial charge in [0.05, 0.1) is 0 Å². The fourth-order valence-corrected chi connectivity index (χ4v) is 0. The van der Waals surface area contributed by atoms with Crippen LogP contribution in [0.2, 0.25) is 0 Å². The second-order valence-corrected chi connectivity index (χ2v) is 2.84. The van der Waals surface area contributed by atoms with E-state index in [2.05, 4.69) is 0 Å². The van der Waals surface area contributed by atoms with Crippen LogP contribution in [0, 0.1) is 0 Å². The van der Waals surface area contributed by atoms with Gasteiger partial charge < -0.3 is 2.85 Å². The number of hydrogen-bond acceptors (Lipinski definition) is 2. The summed E-state index contributed by atoms with van der Waals surface area (Å²) in [5, 5.41) is 0. The third kappa shape index (κ3) is 134. The molecule has 52 valence electrons. The average Bonchev–Trinajstić information content (AvgIpc) is 1.25. The van der Waals surface area contributed by atoms with Crippen molar-refractivity contribution in [1.82, 2.24) is 0 Å². The zero-order chi connectivity index (χ0) is 7.15. The van der Waals surface area contributed by atoms with Gasteiger partial charge in [-0.05, 0) is 0 Å². The van der Waals surface area contributed by atoms with Gasteiger partial charge in [-0.3, -0.25) is 0 Å². The molecule has 0 aromatic carbocycles. The monoisotopic (exact) mass is 280 g/mol. The molecular formula is H6CaO6TiZr. The van der Waals surface area contributed by atoms with Crippen LogP contribution in [0.25, 0.3) is 0 Å². The first-order chi connectivity index (χ1) is 3.46. The standard InChI is InChI=1S/Ca.4H2O.2O.Ti.Zr.2H/h;4*1H2;;;;;;/q+2;;;;;;;2*+2;2*-1/p-4. The maximum absolute atomic E-state index is 8.84. The van der Waals surface area contributed by atoms with Crippen molar-refractivity contribution in [3.63, 3.8) is 0 Å². The second kappa shape index (κ2) is 12.9. The van der Waals surface area contributed by atoms with Crippen LogP contribution in [0.4, 0.5) is 0 Å². The van der Waals surface area contributed by atoms with Crippen LogP contribution >= 0.6 is 0 Å². The van der Waals surface area contributed by atoms with Gasteiger partial charge in [0.2, 0.25) is 0 Å². The molecule has 0 fully saturated rings. The topological polar surface area (TPSA) is 115 Å². The van der Waals surface area contributed by atoms with Gasteiger partial charge in [-0.25, -0.2) is 0 Å². The molecule has 0 bridgehead atoms. The number of hydrogen-bond donors (Lipinski definition) is 4. The van der Waals surface area contributed by atoms with Crippen molar-refractivity contribution in [2.75, 3.05) is 0 Å². The molecule has 0 unspecified atom stereocenters. The summed E-state index contributed by atoms with van der Waals surface area (Å²) in [6.07, 6.45) is 0. The Morgan fingerprint density at radius 2 is 1.33 bits per heavy atom. The van der Waals surface area contributed by atoms with Crippen LogP contribution in [0.3, 0.4) is 0 Å². The molecule has 0 saturated carbocycles. The van der Waals surface area contributed by atoms with Crippen LogP contribution in [0.1, 0.15) is 2.85 Å². The van der Waals surface area contributed by atoms with Gasteiger partial charge >= 0.3 is 98.9 Å². The molecule has 0 heterocycles. The normalized spacial score (nSPS) is 5.78. The van der Waals surface area contributed by atoms with Crippen LogP contribution in [-0.2, 0) is 47.4 Å². The van der Waals surface area contributed by atoms with E-state index in [0.29, 0.717) is 0 Å². The molecule has 6 nitrogen and oxygen atoms in total. The molecule has 0 spiro atoms. The quantitative estimate of drug-likeness (QED) is 0.361. The Bertz CT molecular complexity index is 78.6. The van der Waals surface area contributed by atoms with E-state index in [1.807, 2.05) is 0 Å². The fourth-order valence-electron chi connectivity index (χ4n) is 0. The number of rotatable bonds is 0. The molecule has 0 aliphatic carbocycles. The first-order valence-electron chi connectivity index (χ1n) is 1.30. The molecule has 9 heavy (non-hydrogen) atoms. The summed E-state index contributed by atoms with van der Waals surface area (Å²) >= 11 is -7.38. The molecule has 0 saturated heterocycles. The molecule has 4 N–H and O–H groups in total. The van der Waals surface area contributed by atoms with E-state index in [-0.39, 0.29) is 40.6 Å². The summed E-state index contributed by atoms with van der Waals surface area (Å²) < 4.78 is 46.6. The van der Waals surface area contributed by atoms with Crippen molar-refractivity contribution < 1.29 is 64.0 Å². The van der Waals surface area contributed by atoms with Gasteiger partial charge in [-0.1, -0.05) is 0 Å². The Hall–Kier alpha value is 2.30. The molecule has 0 atom stereocenters. The molecule has 0 rings (SSSR count). The first kappa shape index (κ1) is 17.4. The summed E-state index contributed by atoms with van der Waals surface area (Å²) in [6, 6.07) is 0. The van der Waals surface area contributed by atoms with Crippen LogP contribution in [-0.4, -0.2) is 51.5 Å². The van der Waals surface area contributed by atoms with Crippen molar-refractivity contribution in [3.8, 4) is 0 Å². The third-order valence-corrected chi connectivity index (χ3v) is 0. The summed E-state index contributed by atoms with van der Waals surface area (Å²) in [4.78, 5) is 0. The maximum atomic E-state index is 8.84. The van der Waals surface area contributed by atoms with Crippen molar-refractivity contribution in [2.24, 2.45) is 0 Å². The van der Waals surface area contributed by atoms with Gasteiger partial charge in [0.15, 0.2) is 0 Å². The van der Waals surface area contributed by atoms with Crippen LogP contribution < -0.4 is 0 Å². The molecule has 0 amide bonds. The van der Waals surface area contributed by atoms with E-state index in [1.54, 1.807) is 0 Å². The van der Waals surface area contributed by atoms with Gasteiger partial charge in [-0.2, -0.15) is 0 Å². The van der Waals surface area contributed by atoms with E-state index in [0.717, 1.165) is 0 Å². The second-order valence-electron chi connectivity index (χ2n) is 0.565. The minimum absolute atomic E-state index is 0. The molecule has 0 aromatic heterocycles. The van der Waals surface area contributed by atoms with Crippen molar-refractivity contribution in [2.45, 2.75) is 0 Å². The zero-order valence-electron chi connectivity index (χ0n) is 6.31. The molecule has 0 aliphatic heterocycles. The average molecular weight is 281 g/mol. The Labute approximate surface area is 99.9 Å². The predicted molar refractivity (Wildman–Crippen MR) is 18.2 cm³/mol. The first-order valence-corrected chi connectivity index (χ1v) is 6.54. The van der Waals surface area contributed by atoms with E-state index in [9.17, 15) is 0 Å². The van der Waals surface area contributed by atoms with E-state index < -0.39 is 41.3 Å². The van der Waals surface area contributed by atoms with E-state index >= 15 is 0 Å². The van der Waals surface area contributed by atoms with Crippen LogP contribution in [0.5, 0.6) is 0 Å². The predicted octanol–water partition coefficient (Wildman–Crippen LogP) is -2.63. The van der Waals surface area contributed by atoms with Crippen molar-refractivity contribution in [3.05, 3.63) is 0 Å². The summed E-state index contributed by atoms with van der Waals surface area (Å²) in [6.45, 7) is 0. The van der Waals surface area contributed by atoms with Crippen molar-refractivity contribution in [1.29, 1.82) is 0 Å². The summed E-state index contributed by atoms with van der Waals surface area (Å²) in [5.74, 6) is 0.